The number of hydrogen-bond donors (Lipinski definition) is 1. The Hall–Kier alpha value is -3.03. The lowest BCUT2D eigenvalue weighted by Gasteiger charge is -2.27. The third kappa shape index (κ3) is 2.70. The highest BCUT2D eigenvalue weighted by atomic mass is 19.1. The molecule has 0 saturated heterocycles. The lowest BCUT2D eigenvalue weighted by Crippen LogP contribution is -2.29. The van der Waals surface area contributed by atoms with Gasteiger partial charge in [-0.05, 0) is 35.0 Å². The standard InChI is InChI=1S/C15H14FN5O2/c1-3-7-23-14(22)12-9(2)17-15-18-19-20-21(15)13(12)10-5-4-6-11(16)8-10/h3-6,8,13H,1,7H2,2H3,(H,17,18,20)/t13-/m0/s1. The highest BCUT2D eigenvalue weighted by Gasteiger charge is 2.34. The van der Waals surface area contributed by atoms with Crippen LogP contribution in [0.4, 0.5) is 10.3 Å². The van der Waals surface area contributed by atoms with Gasteiger partial charge in [-0.15, -0.1) is 0 Å². The number of ether oxygens (including phenoxy) is 1. The van der Waals surface area contributed by atoms with Gasteiger partial charge in [-0.1, -0.05) is 29.9 Å². The first-order valence-corrected chi connectivity index (χ1v) is 6.91. The molecule has 1 aliphatic heterocycles. The summed E-state index contributed by atoms with van der Waals surface area (Å²) in [6, 6.07) is 5.28. The Kier molecular flexibility index (Phi) is 3.88. The second-order valence-electron chi connectivity index (χ2n) is 4.96. The number of rotatable bonds is 4. The Balaban J connectivity index is 2.10. The normalized spacial score (nSPS) is 16.5. The highest BCUT2D eigenvalue weighted by Crippen LogP contribution is 2.34. The molecule has 1 N–H and O–H groups in total. The summed E-state index contributed by atoms with van der Waals surface area (Å²) in [7, 11) is 0. The first kappa shape index (κ1) is 14.9. The van der Waals surface area contributed by atoms with Crippen LogP contribution in [0.25, 0.3) is 0 Å². The quantitative estimate of drug-likeness (QED) is 0.685. The number of esters is 1. The molecule has 8 heteroatoms. The minimum Gasteiger partial charge on any atom is -0.458 e. The van der Waals surface area contributed by atoms with E-state index < -0.39 is 17.8 Å². The van der Waals surface area contributed by atoms with Gasteiger partial charge in [0, 0.05) is 5.70 Å². The Bertz CT molecular complexity index is 799. The molecule has 118 valence electrons. The highest BCUT2D eigenvalue weighted by molar-refractivity contribution is 5.92. The number of carbonyl (C=O) groups excluding carboxylic acids is 1. The second-order valence-corrected chi connectivity index (χ2v) is 4.96. The maximum absolute atomic E-state index is 13.6. The van der Waals surface area contributed by atoms with Crippen molar-refractivity contribution in [2.75, 3.05) is 11.9 Å². The Morgan fingerprint density at radius 2 is 2.39 bits per heavy atom. The van der Waals surface area contributed by atoms with Gasteiger partial charge in [-0.3, -0.25) is 0 Å². The monoisotopic (exact) mass is 315 g/mol. The molecule has 1 aliphatic rings. The summed E-state index contributed by atoms with van der Waals surface area (Å²) >= 11 is 0. The molecule has 2 heterocycles. The fraction of sp³-hybridized carbons (Fsp3) is 0.200. The number of nitrogens with zero attached hydrogens (tertiary/aromatic N) is 4. The summed E-state index contributed by atoms with van der Waals surface area (Å²) in [6.07, 6.45) is 1.48. The first-order valence-electron chi connectivity index (χ1n) is 6.91. The molecule has 23 heavy (non-hydrogen) atoms. The van der Waals surface area contributed by atoms with E-state index in [-0.39, 0.29) is 6.61 Å². The number of allylic oxidation sites excluding steroid dienone is 1. The summed E-state index contributed by atoms with van der Waals surface area (Å²) in [5, 5.41) is 14.3. The molecule has 0 unspecified atom stereocenters. The third-order valence-corrected chi connectivity index (χ3v) is 3.43. The van der Waals surface area contributed by atoms with Gasteiger partial charge in [0.05, 0.1) is 5.57 Å². The zero-order valence-corrected chi connectivity index (χ0v) is 12.4. The molecule has 7 nitrogen and oxygen atoms in total. The molecule has 1 aromatic heterocycles. The van der Waals surface area contributed by atoms with Crippen LogP contribution in [-0.2, 0) is 9.53 Å². The van der Waals surface area contributed by atoms with Gasteiger partial charge in [0.15, 0.2) is 0 Å². The van der Waals surface area contributed by atoms with Crippen LogP contribution in [0.1, 0.15) is 18.5 Å². The summed E-state index contributed by atoms with van der Waals surface area (Å²) in [5.74, 6) is -0.575. The Morgan fingerprint density at radius 1 is 1.57 bits per heavy atom. The Labute approximate surface area is 131 Å². The van der Waals surface area contributed by atoms with E-state index in [1.807, 2.05) is 0 Å². The van der Waals surface area contributed by atoms with E-state index in [9.17, 15) is 9.18 Å². The largest absolute Gasteiger partial charge is 0.458 e. The van der Waals surface area contributed by atoms with Crippen molar-refractivity contribution in [3.05, 3.63) is 59.6 Å². The number of nitrogens with one attached hydrogen (secondary N) is 1. The van der Waals surface area contributed by atoms with Crippen molar-refractivity contribution in [2.24, 2.45) is 0 Å². The zero-order valence-electron chi connectivity index (χ0n) is 12.4. The predicted octanol–water partition coefficient (Wildman–Crippen LogP) is 1.83. The van der Waals surface area contributed by atoms with E-state index in [0.717, 1.165) is 0 Å². The van der Waals surface area contributed by atoms with Gasteiger partial charge < -0.3 is 10.1 Å². The SMILES string of the molecule is C=CCOC(=O)C1=C(C)Nc2nnnn2[C@H]1c1cccc(F)c1. The smallest absolute Gasteiger partial charge is 0.338 e. The number of benzene rings is 1. The van der Waals surface area contributed by atoms with E-state index in [2.05, 4.69) is 27.4 Å². The molecule has 0 amide bonds. The van der Waals surface area contributed by atoms with Crippen LogP contribution in [0, 0.1) is 5.82 Å². The number of aromatic nitrogens is 4. The van der Waals surface area contributed by atoms with E-state index >= 15 is 0 Å². The number of hydrogen-bond acceptors (Lipinski definition) is 6. The minimum absolute atomic E-state index is 0.0773. The maximum Gasteiger partial charge on any atom is 0.338 e. The molecule has 0 spiro atoms. The zero-order chi connectivity index (χ0) is 16.4. The average Bonchev–Trinajstić information content (AvgIpc) is 2.99. The van der Waals surface area contributed by atoms with Crippen LogP contribution in [0.15, 0.2) is 48.2 Å². The Morgan fingerprint density at radius 3 is 3.13 bits per heavy atom. The minimum atomic E-state index is -0.672. The van der Waals surface area contributed by atoms with E-state index in [1.54, 1.807) is 19.1 Å². The van der Waals surface area contributed by atoms with Crippen molar-refractivity contribution < 1.29 is 13.9 Å². The molecular formula is C15H14FN5O2. The molecule has 0 aliphatic carbocycles. The first-order chi connectivity index (χ1) is 11.1. The van der Waals surface area contributed by atoms with Crippen LogP contribution < -0.4 is 5.32 Å². The number of fused-ring (bicyclic) bond motifs is 1. The van der Waals surface area contributed by atoms with Gasteiger partial charge in [0.1, 0.15) is 18.5 Å². The summed E-state index contributed by atoms with van der Waals surface area (Å²) in [5.41, 5.74) is 1.41. The number of carbonyl (C=O) groups is 1. The van der Waals surface area contributed by atoms with Crippen molar-refractivity contribution in [3.63, 3.8) is 0 Å². The molecule has 0 bridgehead atoms. The van der Waals surface area contributed by atoms with Crippen LogP contribution in [0.5, 0.6) is 0 Å². The summed E-state index contributed by atoms with van der Waals surface area (Å²) < 4.78 is 20.2. The lowest BCUT2D eigenvalue weighted by atomic mass is 9.96. The topological polar surface area (TPSA) is 81.9 Å². The van der Waals surface area contributed by atoms with Crippen LogP contribution in [-0.4, -0.2) is 32.8 Å². The molecule has 0 saturated carbocycles. The van der Waals surface area contributed by atoms with Crippen LogP contribution in [0.2, 0.25) is 0 Å². The predicted molar refractivity (Wildman–Crippen MR) is 79.8 cm³/mol. The van der Waals surface area contributed by atoms with Crippen molar-refractivity contribution in [3.8, 4) is 0 Å². The molecule has 3 rings (SSSR count). The van der Waals surface area contributed by atoms with Gasteiger partial charge in [-0.2, -0.15) is 4.68 Å². The lowest BCUT2D eigenvalue weighted by molar-refractivity contribution is -0.138. The van der Waals surface area contributed by atoms with Crippen molar-refractivity contribution in [1.82, 2.24) is 20.2 Å². The fourth-order valence-corrected chi connectivity index (χ4v) is 2.47. The fourth-order valence-electron chi connectivity index (χ4n) is 2.47. The average molecular weight is 315 g/mol. The molecule has 2 aromatic rings. The number of tetrazole rings is 1. The van der Waals surface area contributed by atoms with Crippen molar-refractivity contribution in [1.29, 1.82) is 0 Å². The number of halogens is 1. The number of anilines is 1. The molecule has 1 atom stereocenters. The van der Waals surface area contributed by atoms with Gasteiger partial charge >= 0.3 is 5.97 Å². The summed E-state index contributed by atoms with van der Waals surface area (Å²) in [6.45, 7) is 5.31. The molecule has 1 aromatic carbocycles. The van der Waals surface area contributed by atoms with E-state index in [4.69, 9.17) is 4.74 Å². The maximum atomic E-state index is 13.6. The van der Waals surface area contributed by atoms with E-state index in [0.29, 0.717) is 22.8 Å². The van der Waals surface area contributed by atoms with Crippen molar-refractivity contribution in [2.45, 2.75) is 13.0 Å². The van der Waals surface area contributed by atoms with Gasteiger partial charge in [-0.25, -0.2) is 9.18 Å². The van der Waals surface area contributed by atoms with Crippen LogP contribution in [0.3, 0.4) is 0 Å². The third-order valence-electron chi connectivity index (χ3n) is 3.43. The molecule has 0 radical (unpaired) electrons. The van der Waals surface area contributed by atoms with Gasteiger partial charge in [0.25, 0.3) is 0 Å². The molecular weight excluding hydrogens is 301 g/mol. The molecule has 0 fully saturated rings. The second kappa shape index (κ2) is 5.99. The van der Waals surface area contributed by atoms with Crippen molar-refractivity contribution >= 4 is 11.9 Å². The van der Waals surface area contributed by atoms with Crippen LogP contribution >= 0.6 is 0 Å². The van der Waals surface area contributed by atoms with E-state index in [1.165, 1.54) is 22.9 Å². The summed E-state index contributed by atoms with van der Waals surface area (Å²) in [4.78, 5) is 12.4. The van der Waals surface area contributed by atoms with Gasteiger partial charge in [0.2, 0.25) is 5.95 Å².